The number of amides is 2. The molecule has 1 aliphatic heterocycles. The number of imide groups is 1. The van der Waals surface area contributed by atoms with Crippen molar-refractivity contribution in [2.75, 3.05) is 11.5 Å². The topological polar surface area (TPSA) is 80.8 Å². The van der Waals surface area contributed by atoms with Crippen molar-refractivity contribution in [2.24, 2.45) is 23.7 Å². The number of hydrogen-bond donors (Lipinski definition) is 0. The average Bonchev–Trinajstić information content (AvgIpc) is 3.42. The summed E-state index contributed by atoms with van der Waals surface area (Å²) in [5.41, 5.74) is 2.21. The Kier molecular flexibility index (Phi) is 5.77. The summed E-state index contributed by atoms with van der Waals surface area (Å²) in [5, 5.41) is 0. The van der Waals surface area contributed by atoms with Gasteiger partial charge in [0.05, 0.1) is 23.1 Å². The van der Waals surface area contributed by atoms with Crippen LogP contribution in [0.4, 0.5) is 5.69 Å². The molecule has 170 valence electrons. The molecule has 0 N–H and O–H groups in total. The van der Waals surface area contributed by atoms with Crippen molar-refractivity contribution in [2.45, 2.75) is 23.0 Å². The Morgan fingerprint density at radius 2 is 1.39 bits per heavy atom. The monoisotopic (exact) mass is 573 g/mol. The summed E-state index contributed by atoms with van der Waals surface area (Å²) in [7, 11) is 0. The van der Waals surface area contributed by atoms with Crippen molar-refractivity contribution in [1.29, 1.82) is 0 Å². The maximum atomic E-state index is 13.1. The average molecular weight is 575 g/mol. The van der Waals surface area contributed by atoms with Gasteiger partial charge in [0.15, 0.2) is 12.4 Å². The third kappa shape index (κ3) is 3.67. The number of anilines is 1. The highest BCUT2D eigenvalue weighted by atomic mass is 79.9. The van der Waals surface area contributed by atoms with Gasteiger partial charge in [-0.1, -0.05) is 61.7 Å². The fourth-order valence-electron chi connectivity index (χ4n) is 5.39. The van der Waals surface area contributed by atoms with Crippen LogP contribution in [0, 0.1) is 30.6 Å². The zero-order valence-electron chi connectivity index (χ0n) is 17.7. The summed E-state index contributed by atoms with van der Waals surface area (Å²) in [6, 6.07) is 13.2. The number of aryl methyl sites for hydroxylation is 1. The molecule has 6 nitrogen and oxygen atoms in total. The van der Waals surface area contributed by atoms with Crippen LogP contribution in [-0.4, -0.2) is 39.8 Å². The van der Waals surface area contributed by atoms with Gasteiger partial charge >= 0.3 is 5.97 Å². The molecule has 33 heavy (non-hydrogen) atoms. The van der Waals surface area contributed by atoms with Crippen molar-refractivity contribution < 1.29 is 23.9 Å². The highest BCUT2D eigenvalue weighted by Crippen LogP contribution is 2.60. The molecule has 0 aromatic heterocycles. The molecule has 1 heterocycles. The second-order valence-corrected chi connectivity index (χ2v) is 11.0. The zero-order chi connectivity index (χ0) is 23.4. The van der Waals surface area contributed by atoms with Crippen LogP contribution in [0.3, 0.4) is 0 Å². The molecule has 3 aliphatic rings. The number of carbonyl (C=O) groups is 4. The number of esters is 1. The number of fused-ring (bicyclic) bond motifs is 5. The van der Waals surface area contributed by atoms with Crippen LogP contribution in [-0.2, 0) is 14.3 Å². The Labute approximate surface area is 207 Å². The SMILES string of the molecule is Cc1ccc(C(=O)COC(=O)c2ccc(N3C(=O)[C@@H]4[C@H]5C[C@H]([C@H](Br)[C@@H]5Br)[C@@H]4C3=O)cc2)cc1. The molecule has 5 rings (SSSR count). The second kappa shape index (κ2) is 8.47. The number of ketones is 1. The van der Waals surface area contributed by atoms with E-state index in [0.29, 0.717) is 11.3 Å². The van der Waals surface area contributed by atoms with Crippen LogP contribution in [0.15, 0.2) is 48.5 Å². The predicted octanol–water partition coefficient (Wildman–Crippen LogP) is 4.32. The highest BCUT2D eigenvalue weighted by molar-refractivity contribution is 9.12. The van der Waals surface area contributed by atoms with E-state index in [9.17, 15) is 19.2 Å². The van der Waals surface area contributed by atoms with Gasteiger partial charge in [-0.3, -0.25) is 19.3 Å². The van der Waals surface area contributed by atoms with E-state index in [0.717, 1.165) is 12.0 Å². The lowest BCUT2D eigenvalue weighted by atomic mass is 9.81. The molecule has 2 bridgehead atoms. The van der Waals surface area contributed by atoms with Crippen molar-refractivity contribution in [1.82, 2.24) is 0 Å². The summed E-state index contributed by atoms with van der Waals surface area (Å²) in [4.78, 5) is 52.5. The molecule has 2 aliphatic carbocycles. The molecule has 0 radical (unpaired) electrons. The molecular formula is C25H21Br2NO5. The van der Waals surface area contributed by atoms with Gasteiger partial charge in [-0.2, -0.15) is 0 Å². The lowest BCUT2D eigenvalue weighted by Gasteiger charge is -2.28. The first-order chi connectivity index (χ1) is 15.8. The van der Waals surface area contributed by atoms with Gasteiger partial charge in [-0.25, -0.2) is 4.79 Å². The minimum Gasteiger partial charge on any atom is -0.454 e. The van der Waals surface area contributed by atoms with Gasteiger partial charge in [0.25, 0.3) is 0 Å². The molecule has 3 fully saturated rings. The number of hydrogen-bond acceptors (Lipinski definition) is 5. The summed E-state index contributed by atoms with van der Waals surface area (Å²) in [5.74, 6) is -1.56. The molecular weight excluding hydrogens is 554 g/mol. The van der Waals surface area contributed by atoms with E-state index in [1.54, 1.807) is 24.3 Å². The Morgan fingerprint density at radius 1 is 0.879 bits per heavy atom. The van der Waals surface area contributed by atoms with E-state index >= 15 is 0 Å². The highest BCUT2D eigenvalue weighted by Gasteiger charge is 2.66. The molecule has 2 aromatic carbocycles. The maximum Gasteiger partial charge on any atom is 0.338 e. The van der Waals surface area contributed by atoms with E-state index < -0.39 is 5.97 Å². The number of alkyl halides is 2. The Balaban J connectivity index is 1.26. The quantitative estimate of drug-likeness (QED) is 0.230. The lowest BCUT2D eigenvalue weighted by Crippen LogP contribution is -2.37. The van der Waals surface area contributed by atoms with E-state index in [1.165, 1.54) is 17.0 Å². The minimum absolute atomic E-state index is 0.145. The summed E-state index contributed by atoms with van der Waals surface area (Å²) in [6.07, 6.45) is 0.874. The van der Waals surface area contributed by atoms with Crippen LogP contribution in [0.1, 0.15) is 32.7 Å². The molecule has 2 amide bonds. The maximum absolute atomic E-state index is 13.1. The molecule has 1 saturated heterocycles. The van der Waals surface area contributed by atoms with Crippen molar-refractivity contribution in [3.05, 3.63) is 65.2 Å². The standard InChI is InChI=1S/C25H21Br2NO5/c1-12-2-4-13(5-3-12)18(29)11-33-25(32)14-6-8-15(9-7-14)28-23(30)19-16-10-17(20(19)24(28)31)22(27)21(16)26/h2-9,16-17,19-22H,10-11H2,1H3/t16-,17+,19-,20+,21-,22+. The first kappa shape index (κ1) is 22.5. The molecule has 6 atom stereocenters. The zero-order valence-corrected chi connectivity index (χ0v) is 20.9. The van der Waals surface area contributed by atoms with E-state index in [1.807, 2.05) is 19.1 Å². The van der Waals surface area contributed by atoms with Gasteiger partial charge in [-0.15, -0.1) is 0 Å². The first-order valence-corrected chi connectivity index (χ1v) is 12.6. The van der Waals surface area contributed by atoms with E-state index in [4.69, 9.17) is 4.74 Å². The number of Topliss-reactive ketones (excluding diaryl/α,β-unsaturated/α-hetero) is 1. The molecule has 0 spiro atoms. The summed E-state index contributed by atoms with van der Waals surface area (Å²) >= 11 is 7.37. The molecule has 2 saturated carbocycles. The summed E-state index contributed by atoms with van der Waals surface area (Å²) in [6.45, 7) is 1.56. The number of carbonyl (C=O) groups excluding carboxylic acids is 4. The van der Waals surface area contributed by atoms with Crippen molar-refractivity contribution >= 4 is 61.1 Å². The van der Waals surface area contributed by atoms with Crippen LogP contribution >= 0.6 is 31.9 Å². The number of nitrogens with zero attached hydrogens (tertiary/aromatic N) is 1. The van der Waals surface area contributed by atoms with Crippen LogP contribution in [0.25, 0.3) is 0 Å². The number of halogens is 2. The summed E-state index contributed by atoms with van der Waals surface area (Å²) < 4.78 is 5.16. The predicted molar refractivity (Wildman–Crippen MR) is 129 cm³/mol. The molecule has 2 aromatic rings. The van der Waals surface area contributed by atoms with Gasteiger partial charge in [0, 0.05) is 15.2 Å². The third-order valence-electron chi connectivity index (χ3n) is 7.06. The lowest BCUT2D eigenvalue weighted by molar-refractivity contribution is -0.123. The van der Waals surface area contributed by atoms with Gasteiger partial charge in [0.1, 0.15) is 0 Å². The van der Waals surface area contributed by atoms with Gasteiger partial charge in [-0.05, 0) is 49.4 Å². The smallest absolute Gasteiger partial charge is 0.338 e. The first-order valence-electron chi connectivity index (χ1n) is 10.8. The molecule has 0 unspecified atom stereocenters. The van der Waals surface area contributed by atoms with Crippen molar-refractivity contribution in [3.8, 4) is 0 Å². The second-order valence-electron chi connectivity index (χ2n) is 8.93. The van der Waals surface area contributed by atoms with Crippen LogP contribution in [0.2, 0.25) is 0 Å². The Hall–Kier alpha value is -2.32. The van der Waals surface area contributed by atoms with Gasteiger partial charge in [0.2, 0.25) is 11.8 Å². The van der Waals surface area contributed by atoms with Gasteiger partial charge < -0.3 is 4.74 Å². The largest absolute Gasteiger partial charge is 0.454 e. The Morgan fingerprint density at radius 3 is 1.94 bits per heavy atom. The van der Waals surface area contributed by atoms with Crippen LogP contribution in [0.5, 0.6) is 0 Å². The minimum atomic E-state index is -0.639. The normalized spacial score (nSPS) is 30.0. The van der Waals surface area contributed by atoms with E-state index in [2.05, 4.69) is 31.9 Å². The van der Waals surface area contributed by atoms with Crippen LogP contribution < -0.4 is 4.90 Å². The fraction of sp³-hybridized carbons (Fsp3) is 0.360. The number of benzene rings is 2. The number of ether oxygens (including phenoxy) is 1. The number of rotatable bonds is 5. The Bertz CT molecular complexity index is 1110. The van der Waals surface area contributed by atoms with Crippen molar-refractivity contribution in [3.63, 3.8) is 0 Å². The fourth-order valence-corrected chi connectivity index (χ4v) is 7.26. The van der Waals surface area contributed by atoms with E-state index in [-0.39, 0.29) is 63.1 Å². The third-order valence-corrected chi connectivity index (χ3v) is 10.3. The molecule has 8 heteroatoms.